The molecule has 0 radical (unpaired) electrons. The molecule has 0 unspecified atom stereocenters. The molecule has 1 aromatic carbocycles. The van der Waals surface area contributed by atoms with Gasteiger partial charge in [0.25, 0.3) is 11.5 Å². The highest BCUT2D eigenvalue weighted by molar-refractivity contribution is 7.91. The number of nitrogens with zero attached hydrogens (tertiary/aromatic N) is 2. The molecule has 1 aromatic heterocycles. The summed E-state index contributed by atoms with van der Waals surface area (Å²) < 4.78 is 42.1. The Morgan fingerprint density at radius 1 is 0.909 bits per heavy atom. The molecule has 5 fully saturated rings. The third-order valence-corrected chi connectivity index (χ3v) is 14.9. The van der Waals surface area contributed by atoms with Crippen molar-refractivity contribution in [2.24, 2.45) is 23.7 Å². The molecule has 296 valence electrons. The number of amides is 3. The van der Waals surface area contributed by atoms with Crippen LogP contribution in [0.25, 0.3) is 10.8 Å². The van der Waals surface area contributed by atoms with E-state index < -0.39 is 62.6 Å². The Morgan fingerprint density at radius 3 is 2.38 bits per heavy atom. The fraction of sp³-hybridized carbons (Fsp3) is 0.634. The Kier molecular flexibility index (Phi) is 10.3. The second-order valence-corrected chi connectivity index (χ2v) is 18.7. The van der Waals surface area contributed by atoms with Gasteiger partial charge in [0.05, 0.1) is 24.1 Å². The summed E-state index contributed by atoms with van der Waals surface area (Å²) in [5.74, 6) is -2.89. The first-order valence-corrected chi connectivity index (χ1v) is 21.8. The molecule has 1 saturated heterocycles. The lowest BCUT2D eigenvalue weighted by atomic mass is 9.86. The van der Waals surface area contributed by atoms with Crippen LogP contribution in [0.1, 0.15) is 96.3 Å². The number of esters is 1. The standard InChI is InChI=1S/C41H52N4O9S/c1-2-28-23-41(28,40(50)43-55(51,52)30-17-18-30)42-37(47)33-21-29-24-45(33)39(49)32(25-10-3-4-11-25)22-36(46)54-34-16-9-14-26(34)12-7-8-19-44-35(53-29)20-27-13-5-6-15-31(27)38(44)48/h2,5-6,13,15,20,25-26,28-30,32-34H,1,3-4,7-12,14,16-19,21-24H2,(H,42,47)(H,43,50)/t26-,28+,29-,32+,33+,34-,41-/m1/s1. The fourth-order valence-corrected chi connectivity index (χ4v) is 11.1. The summed E-state index contributed by atoms with van der Waals surface area (Å²) in [5, 5.41) is 3.50. The summed E-state index contributed by atoms with van der Waals surface area (Å²) in [6, 6.07) is 8.08. The average Bonchev–Trinajstić information content (AvgIpc) is 3.95. The molecule has 14 heteroatoms. The molecule has 4 aliphatic carbocycles. The van der Waals surface area contributed by atoms with Crippen LogP contribution in [0.4, 0.5) is 0 Å². The summed E-state index contributed by atoms with van der Waals surface area (Å²) in [6.45, 7) is 4.23. The van der Waals surface area contributed by atoms with E-state index in [1.807, 2.05) is 24.3 Å². The van der Waals surface area contributed by atoms with Gasteiger partial charge < -0.3 is 19.7 Å². The molecule has 7 atom stereocenters. The summed E-state index contributed by atoms with van der Waals surface area (Å²) in [6.07, 6.45) is 10.2. The maximum Gasteiger partial charge on any atom is 0.306 e. The van der Waals surface area contributed by atoms with Gasteiger partial charge in [0, 0.05) is 30.3 Å². The van der Waals surface area contributed by atoms with Crippen molar-refractivity contribution in [2.45, 2.75) is 132 Å². The van der Waals surface area contributed by atoms with Gasteiger partial charge in [-0.2, -0.15) is 0 Å². The number of fused-ring (bicyclic) bond motifs is 5. The zero-order valence-corrected chi connectivity index (χ0v) is 32.1. The number of ether oxygens (including phenoxy) is 2. The molecule has 3 amide bonds. The lowest BCUT2D eigenvalue weighted by Crippen LogP contribution is -2.57. The number of nitrogens with one attached hydrogen (secondary N) is 2. The monoisotopic (exact) mass is 776 g/mol. The molecule has 3 heterocycles. The van der Waals surface area contributed by atoms with Crippen LogP contribution >= 0.6 is 0 Å². The Labute approximate surface area is 321 Å². The van der Waals surface area contributed by atoms with Crippen LogP contribution in [0.3, 0.4) is 0 Å². The maximum absolute atomic E-state index is 14.9. The van der Waals surface area contributed by atoms with E-state index in [2.05, 4.69) is 16.6 Å². The van der Waals surface area contributed by atoms with Gasteiger partial charge in [-0.3, -0.25) is 33.3 Å². The largest absolute Gasteiger partial charge is 0.473 e. The highest BCUT2D eigenvalue weighted by Crippen LogP contribution is 2.46. The van der Waals surface area contributed by atoms with Crippen LogP contribution in [0.2, 0.25) is 0 Å². The van der Waals surface area contributed by atoms with Gasteiger partial charge in [0.15, 0.2) is 5.88 Å². The van der Waals surface area contributed by atoms with E-state index in [-0.39, 0.29) is 55.2 Å². The Morgan fingerprint density at radius 2 is 1.64 bits per heavy atom. The van der Waals surface area contributed by atoms with Crippen molar-refractivity contribution >= 4 is 44.5 Å². The van der Waals surface area contributed by atoms with Gasteiger partial charge in [0.2, 0.25) is 21.8 Å². The molecule has 2 N–H and O–H groups in total. The van der Waals surface area contributed by atoms with Crippen molar-refractivity contribution in [3.63, 3.8) is 0 Å². The topological polar surface area (TPSA) is 170 Å². The summed E-state index contributed by atoms with van der Waals surface area (Å²) in [7, 11) is -3.89. The number of hydrogen-bond acceptors (Lipinski definition) is 9. The molecular weight excluding hydrogens is 725 g/mol. The Balaban J connectivity index is 1.14. The number of hydrogen-bond donors (Lipinski definition) is 2. The number of pyridine rings is 1. The van der Waals surface area contributed by atoms with Crippen molar-refractivity contribution in [1.29, 1.82) is 0 Å². The maximum atomic E-state index is 14.9. The molecule has 2 aliphatic heterocycles. The summed E-state index contributed by atoms with van der Waals surface area (Å²) >= 11 is 0. The summed E-state index contributed by atoms with van der Waals surface area (Å²) in [5.41, 5.74) is -1.72. The summed E-state index contributed by atoms with van der Waals surface area (Å²) in [4.78, 5) is 72.0. The predicted molar refractivity (Wildman–Crippen MR) is 203 cm³/mol. The predicted octanol–water partition coefficient (Wildman–Crippen LogP) is 4.11. The number of carbonyl (C=O) groups is 4. The van der Waals surface area contributed by atoms with Gasteiger partial charge in [-0.25, -0.2) is 8.42 Å². The zero-order chi connectivity index (χ0) is 38.5. The minimum absolute atomic E-state index is 0.0149. The van der Waals surface area contributed by atoms with E-state index in [1.54, 1.807) is 10.6 Å². The highest BCUT2D eigenvalue weighted by Gasteiger charge is 2.62. The third-order valence-electron chi connectivity index (χ3n) is 13.1. The molecule has 2 bridgehead atoms. The number of sulfonamides is 1. The van der Waals surface area contributed by atoms with Gasteiger partial charge in [-0.1, -0.05) is 43.5 Å². The van der Waals surface area contributed by atoms with Crippen molar-refractivity contribution in [2.75, 3.05) is 6.54 Å². The van der Waals surface area contributed by atoms with Crippen molar-refractivity contribution in [3.05, 3.63) is 53.3 Å². The zero-order valence-electron chi connectivity index (χ0n) is 31.3. The second kappa shape index (κ2) is 15.0. The fourth-order valence-electron chi connectivity index (χ4n) is 9.74. The normalized spacial score (nSPS) is 31.8. The van der Waals surface area contributed by atoms with Crippen molar-refractivity contribution < 1.29 is 37.1 Å². The van der Waals surface area contributed by atoms with E-state index in [0.717, 1.165) is 57.8 Å². The highest BCUT2D eigenvalue weighted by atomic mass is 32.2. The van der Waals surface area contributed by atoms with Crippen LogP contribution in [-0.2, 0) is 40.5 Å². The molecule has 13 nitrogen and oxygen atoms in total. The quantitative estimate of drug-likeness (QED) is 0.311. The number of carbonyl (C=O) groups excluding carboxylic acids is 4. The lowest BCUT2D eigenvalue weighted by molar-refractivity contribution is -0.156. The Bertz CT molecular complexity index is 2040. The minimum Gasteiger partial charge on any atom is -0.473 e. The molecule has 0 spiro atoms. The molecule has 4 saturated carbocycles. The third kappa shape index (κ3) is 7.55. The van der Waals surface area contributed by atoms with Crippen molar-refractivity contribution in [3.8, 4) is 5.88 Å². The van der Waals surface area contributed by atoms with E-state index in [9.17, 15) is 32.4 Å². The van der Waals surface area contributed by atoms with Crippen LogP contribution in [0, 0.1) is 23.7 Å². The van der Waals surface area contributed by atoms with Gasteiger partial charge >= 0.3 is 5.97 Å². The number of benzene rings is 1. The molecular formula is C41H52N4O9S. The number of aromatic nitrogens is 1. The number of rotatable bonds is 7. The lowest BCUT2D eigenvalue weighted by Gasteiger charge is -2.31. The second-order valence-electron chi connectivity index (χ2n) is 16.8. The molecule has 55 heavy (non-hydrogen) atoms. The van der Waals surface area contributed by atoms with E-state index in [0.29, 0.717) is 42.5 Å². The van der Waals surface area contributed by atoms with Gasteiger partial charge in [0.1, 0.15) is 23.8 Å². The van der Waals surface area contributed by atoms with E-state index in [1.165, 1.54) is 11.0 Å². The smallest absolute Gasteiger partial charge is 0.306 e. The van der Waals surface area contributed by atoms with Crippen LogP contribution < -0.4 is 20.3 Å². The SMILES string of the molecule is C=C[C@H]1C[C@]1(NC(=O)[C@@H]1C[C@@H]2CN1C(=O)[C@H](C1CCCC1)CC(=O)O[C@@H]1CCC[C@H]1CCCCn1c(cc3ccccc3c1=O)O2)C(=O)NS(=O)(=O)C1CC1. The van der Waals surface area contributed by atoms with E-state index in [4.69, 9.17) is 9.47 Å². The van der Waals surface area contributed by atoms with Gasteiger partial charge in [-0.05, 0) is 87.5 Å². The molecule has 8 rings (SSSR count). The van der Waals surface area contributed by atoms with Gasteiger partial charge in [-0.15, -0.1) is 6.58 Å². The first-order valence-electron chi connectivity index (χ1n) is 20.3. The molecule has 2 aromatic rings. The van der Waals surface area contributed by atoms with Crippen LogP contribution in [0.15, 0.2) is 47.8 Å². The van der Waals surface area contributed by atoms with E-state index >= 15 is 0 Å². The van der Waals surface area contributed by atoms with Crippen LogP contribution in [0.5, 0.6) is 5.88 Å². The van der Waals surface area contributed by atoms with Crippen LogP contribution in [-0.4, -0.2) is 77.2 Å². The van der Waals surface area contributed by atoms with Crippen molar-refractivity contribution in [1.82, 2.24) is 19.5 Å². The first-order chi connectivity index (χ1) is 26.5. The first kappa shape index (κ1) is 37.7. The molecule has 6 aliphatic rings. The Hall–Kier alpha value is -4.20. The average molecular weight is 777 g/mol. The minimum atomic E-state index is -3.89.